The summed E-state index contributed by atoms with van der Waals surface area (Å²) >= 11 is 0. The van der Waals surface area contributed by atoms with Crippen LogP contribution in [0.1, 0.15) is 83.6 Å². The van der Waals surface area contributed by atoms with E-state index in [0.29, 0.717) is 29.5 Å². The molecule has 0 heterocycles. The Bertz CT molecular complexity index is 832. The Morgan fingerprint density at radius 2 is 1.81 bits per heavy atom. The molecule has 0 bridgehead atoms. The van der Waals surface area contributed by atoms with Crippen LogP contribution in [0.15, 0.2) is 30.3 Å². The lowest BCUT2D eigenvalue weighted by molar-refractivity contribution is -0.162. The molecule has 1 aromatic rings. The van der Waals surface area contributed by atoms with Crippen molar-refractivity contribution in [3.05, 3.63) is 35.9 Å². The summed E-state index contributed by atoms with van der Waals surface area (Å²) in [5.41, 5.74) is 1.53. The third-order valence-corrected chi connectivity index (χ3v) is 10.1. The van der Waals surface area contributed by atoms with Crippen molar-refractivity contribution in [2.24, 2.45) is 34.5 Å². The molecule has 4 saturated carbocycles. The van der Waals surface area contributed by atoms with Crippen molar-refractivity contribution >= 4 is 11.8 Å². The van der Waals surface area contributed by atoms with Gasteiger partial charge in [0.25, 0.3) is 0 Å². The largest absolute Gasteiger partial charge is 0.462 e. The van der Waals surface area contributed by atoms with E-state index in [2.05, 4.69) is 26.0 Å². The molecule has 0 radical (unpaired) electrons. The lowest BCUT2D eigenvalue weighted by atomic mass is 9.45. The Kier molecular flexibility index (Phi) is 5.51. The number of ketones is 1. The van der Waals surface area contributed by atoms with E-state index in [9.17, 15) is 9.59 Å². The summed E-state index contributed by atoms with van der Waals surface area (Å²) in [6, 6.07) is 10.2. The molecule has 0 aliphatic heterocycles. The molecule has 5 rings (SSSR count). The molecular formula is C28H38O3. The summed E-state index contributed by atoms with van der Waals surface area (Å²) in [5, 5.41) is 0. The van der Waals surface area contributed by atoms with E-state index < -0.39 is 0 Å². The third-order valence-electron chi connectivity index (χ3n) is 10.1. The second kappa shape index (κ2) is 8.05. The predicted octanol–water partition coefficient (Wildman–Crippen LogP) is 6.14. The van der Waals surface area contributed by atoms with E-state index in [1.165, 1.54) is 31.2 Å². The van der Waals surface area contributed by atoms with Crippen molar-refractivity contribution in [3.8, 4) is 0 Å². The SMILES string of the molecule is C[C@]12CC[C@@H](OC(=O)CCc3ccccc3)CC1CC[C@@H]1[C@@H]2CC[C@]2(C)C(=O)CC[C@@H]12. The molecule has 0 saturated heterocycles. The van der Waals surface area contributed by atoms with E-state index in [4.69, 9.17) is 4.74 Å². The standard InChI is InChI=1S/C28H38O3/c1-27-16-14-21(31-26(30)13-8-19-6-4-3-5-7-19)18-20(27)9-10-22-23-11-12-25(29)28(23,2)17-15-24(22)27/h3-7,20-24H,8-18H2,1-2H3/t20?,21-,22+,23+,24+,27+,28+/m1/s1. The number of ether oxygens (including phenoxy) is 1. The first-order valence-corrected chi connectivity index (χ1v) is 12.7. The van der Waals surface area contributed by atoms with E-state index in [-0.39, 0.29) is 17.5 Å². The van der Waals surface area contributed by atoms with Crippen LogP contribution < -0.4 is 0 Å². The predicted molar refractivity (Wildman–Crippen MR) is 121 cm³/mol. The van der Waals surface area contributed by atoms with E-state index in [0.717, 1.165) is 50.4 Å². The molecule has 0 N–H and O–H groups in total. The average Bonchev–Trinajstić information content (AvgIpc) is 3.08. The first-order chi connectivity index (χ1) is 14.9. The minimum absolute atomic E-state index is 0.0319. The number of carbonyl (C=O) groups excluding carboxylic acids is 2. The fraction of sp³-hybridized carbons (Fsp3) is 0.714. The molecule has 1 aromatic carbocycles. The smallest absolute Gasteiger partial charge is 0.306 e. The van der Waals surface area contributed by atoms with Crippen LogP contribution in [-0.4, -0.2) is 17.9 Å². The van der Waals surface area contributed by atoms with E-state index in [1.807, 2.05) is 18.2 Å². The Morgan fingerprint density at radius 1 is 1.00 bits per heavy atom. The maximum atomic E-state index is 12.6. The number of hydrogen-bond donors (Lipinski definition) is 0. The van der Waals surface area contributed by atoms with Crippen molar-refractivity contribution in [2.45, 2.75) is 90.6 Å². The zero-order chi connectivity index (χ0) is 21.6. The van der Waals surface area contributed by atoms with Crippen molar-refractivity contribution in [1.82, 2.24) is 0 Å². The quantitative estimate of drug-likeness (QED) is 0.547. The van der Waals surface area contributed by atoms with Gasteiger partial charge in [-0.3, -0.25) is 9.59 Å². The number of Topliss-reactive ketones (excluding diaryl/α,β-unsaturated/α-hetero) is 1. The summed E-state index contributed by atoms with van der Waals surface area (Å²) in [7, 11) is 0. The summed E-state index contributed by atoms with van der Waals surface area (Å²) in [4.78, 5) is 25.1. The molecule has 168 valence electrons. The first-order valence-electron chi connectivity index (χ1n) is 12.7. The van der Waals surface area contributed by atoms with Gasteiger partial charge in [0.15, 0.2) is 0 Å². The maximum Gasteiger partial charge on any atom is 0.306 e. The average molecular weight is 423 g/mol. The molecule has 4 aliphatic rings. The highest BCUT2D eigenvalue weighted by molar-refractivity contribution is 5.87. The first kappa shape index (κ1) is 21.2. The van der Waals surface area contributed by atoms with Crippen LogP contribution in [0, 0.1) is 34.5 Å². The van der Waals surface area contributed by atoms with Crippen LogP contribution in [0.5, 0.6) is 0 Å². The number of rotatable bonds is 4. The molecular weight excluding hydrogens is 384 g/mol. The minimum Gasteiger partial charge on any atom is -0.462 e. The number of fused-ring (bicyclic) bond motifs is 5. The van der Waals surface area contributed by atoms with E-state index >= 15 is 0 Å². The molecule has 31 heavy (non-hydrogen) atoms. The molecule has 0 aromatic heterocycles. The van der Waals surface area contributed by atoms with Gasteiger partial charge >= 0.3 is 5.97 Å². The fourth-order valence-electron chi connectivity index (χ4n) is 8.23. The van der Waals surface area contributed by atoms with E-state index in [1.54, 1.807) is 0 Å². The Hall–Kier alpha value is -1.64. The topological polar surface area (TPSA) is 43.4 Å². The Balaban J connectivity index is 1.19. The summed E-state index contributed by atoms with van der Waals surface area (Å²) in [6.07, 6.45) is 11.3. The van der Waals surface area contributed by atoms with Crippen LogP contribution >= 0.6 is 0 Å². The van der Waals surface area contributed by atoms with Gasteiger partial charge in [-0.15, -0.1) is 0 Å². The van der Waals surface area contributed by atoms with Gasteiger partial charge in [0, 0.05) is 18.3 Å². The lowest BCUT2D eigenvalue weighted by Crippen LogP contribution is -2.54. The monoisotopic (exact) mass is 422 g/mol. The van der Waals surface area contributed by atoms with Gasteiger partial charge in [-0.2, -0.15) is 0 Å². The van der Waals surface area contributed by atoms with Crippen LogP contribution in [0.4, 0.5) is 0 Å². The Labute approximate surface area is 187 Å². The highest BCUT2D eigenvalue weighted by atomic mass is 16.5. The summed E-state index contributed by atoms with van der Waals surface area (Å²) < 4.78 is 5.96. The maximum absolute atomic E-state index is 12.6. The van der Waals surface area contributed by atoms with Crippen LogP contribution in [-0.2, 0) is 20.7 Å². The van der Waals surface area contributed by atoms with Crippen LogP contribution in [0.3, 0.4) is 0 Å². The molecule has 3 nitrogen and oxygen atoms in total. The zero-order valence-corrected chi connectivity index (χ0v) is 19.3. The number of aryl methyl sites for hydroxylation is 1. The number of carbonyl (C=O) groups is 2. The molecule has 7 atom stereocenters. The number of esters is 1. The van der Waals surface area contributed by atoms with Gasteiger partial charge in [-0.25, -0.2) is 0 Å². The normalized spacial score (nSPS) is 41.7. The third kappa shape index (κ3) is 3.66. The molecule has 4 aliphatic carbocycles. The molecule has 0 amide bonds. The van der Waals surface area contributed by atoms with Gasteiger partial charge in [0.1, 0.15) is 11.9 Å². The molecule has 1 unspecified atom stereocenters. The van der Waals surface area contributed by atoms with Crippen LogP contribution in [0.25, 0.3) is 0 Å². The van der Waals surface area contributed by atoms with Crippen molar-refractivity contribution in [2.75, 3.05) is 0 Å². The number of hydrogen-bond acceptors (Lipinski definition) is 3. The Morgan fingerprint density at radius 3 is 2.61 bits per heavy atom. The van der Waals surface area contributed by atoms with Gasteiger partial charge < -0.3 is 4.74 Å². The van der Waals surface area contributed by atoms with Crippen molar-refractivity contribution in [1.29, 1.82) is 0 Å². The highest BCUT2D eigenvalue weighted by Crippen LogP contribution is 2.65. The van der Waals surface area contributed by atoms with Gasteiger partial charge in [-0.1, -0.05) is 44.2 Å². The second-order valence-electron chi connectivity index (χ2n) is 11.4. The van der Waals surface area contributed by atoms with Crippen molar-refractivity contribution in [3.63, 3.8) is 0 Å². The lowest BCUT2D eigenvalue weighted by Gasteiger charge is -2.60. The van der Waals surface area contributed by atoms with Crippen molar-refractivity contribution < 1.29 is 14.3 Å². The fourth-order valence-corrected chi connectivity index (χ4v) is 8.23. The zero-order valence-electron chi connectivity index (χ0n) is 19.3. The molecule has 0 spiro atoms. The highest BCUT2D eigenvalue weighted by Gasteiger charge is 2.60. The summed E-state index contributed by atoms with van der Waals surface area (Å²) in [6.45, 7) is 4.80. The second-order valence-corrected chi connectivity index (χ2v) is 11.4. The molecule has 4 fully saturated rings. The van der Waals surface area contributed by atoms with Gasteiger partial charge in [-0.05, 0) is 92.4 Å². The van der Waals surface area contributed by atoms with Gasteiger partial charge in [0.05, 0.1) is 0 Å². The summed E-state index contributed by atoms with van der Waals surface area (Å²) in [5.74, 6) is 3.26. The number of benzene rings is 1. The van der Waals surface area contributed by atoms with Gasteiger partial charge in [0.2, 0.25) is 0 Å². The molecule has 3 heteroatoms. The minimum atomic E-state index is -0.0379. The van der Waals surface area contributed by atoms with Crippen LogP contribution in [0.2, 0.25) is 0 Å².